The highest BCUT2D eigenvalue weighted by molar-refractivity contribution is 5.19. The molecular weight excluding hydrogens is 224 g/mol. The normalized spacial score (nSPS) is 24.7. The highest BCUT2D eigenvalue weighted by atomic mass is 16.3. The molecule has 1 fully saturated rings. The maximum absolute atomic E-state index is 9.60. The molecule has 0 amide bonds. The fourth-order valence-corrected chi connectivity index (χ4v) is 2.66. The Labute approximate surface area is 110 Å². The van der Waals surface area contributed by atoms with Crippen LogP contribution < -0.4 is 10.6 Å². The van der Waals surface area contributed by atoms with E-state index in [4.69, 9.17) is 0 Å². The Balaban J connectivity index is 2.06. The Morgan fingerprint density at radius 1 is 1.39 bits per heavy atom. The van der Waals surface area contributed by atoms with Crippen LogP contribution in [-0.4, -0.2) is 30.8 Å². The third kappa shape index (κ3) is 3.10. The van der Waals surface area contributed by atoms with E-state index >= 15 is 0 Å². The zero-order valence-electron chi connectivity index (χ0n) is 11.3. The topological polar surface area (TPSA) is 44.3 Å². The van der Waals surface area contributed by atoms with Crippen molar-refractivity contribution in [3.8, 4) is 0 Å². The number of rotatable bonds is 4. The molecule has 2 rings (SSSR count). The Morgan fingerprint density at radius 3 is 2.72 bits per heavy atom. The van der Waals surface area contributed by atoms with E-state index in [0.29, 0.717) is 6.04 Å². The van der Waals surface area contributed by atoms with Crippen LogP contribution >= 0.6 is 0 Å². The summed E-state index contributed by atoms with van der Waals surface area (Å²) in [4.78, 5) is 0. The summed E-state index contributed by atoms with van der Waals surface area (Å²) in [6.07, 6.45) is 1.11. The summed E-state index contributed by atoms with van der Waals surface area (Å²) in [5, 5.41) is 16.7. The molecule has 100 valence electrons. The molecule has 0 radical (unpaired) electrons. The highest BCUT2D eigenvalue weighted by Gasteiger charge is 2.33. The summed E-state index contributed by atoms with van der Waals surface area (Å²) in [5.41, 5.74) is 1.38. The zero-order chi connectivity index (χ0) is 13.0. The van der Waals surface area contributed by atoms with E-state index in [1.807, 2.05) is 18.2 Å². The minimum Gasteiger partial charge on any atom is -0.394 e. The monoisotopic (exact) mass is 248 g/mol. The SMILES string of the molecule is CC1(C)CNCCC1NC(CO)c1ccccc1. The van der Waals surface area contributed by atoms with E-state index in [-0.39, 0.29) is 18.1 Å². The second-order valence-electron chi connectivity index (χ2n) is 5.82. The number of nitrogens with one attached hydrogen (secondary N) is 2. The quantitative estimate of drug-likeness (QED) is 0.760. The van der Waals surface area contributed by atoms with Gasteiger partial charge in [-0.05, 0) is 23.9 Å². The van der Waals surface area contributed by atoms with Gasteiger partial charge in [-0.25, -0.2) is 0 Å². The van der Waals surface area contributed by atoms with Crippen molar-refractivity contribution in [3.63, 3.8) is 0 Å². The number of benzene rings is 1. The Bertz CT molecular complexity index is 364. The molecular formula is C15H24N2O. The van der Waals surface area contributed by atoms with Crippen molar-refractivity contribution in [3.05, 3.63) is 35.9 Å². The van der Waals surface area contributed by atoms with Gasteiger partial charge in [0.15, 0.2) is 0 Å². The number of piperidine rings is 1. The molecule has 3 nitrogen and oxygen atoms in total. The van der Waals surface area contributed by atoms with Crippen molar-refractivity contribution >= 4 is 0 Å². The summed E-state index contributed by atoms with van der Waals surface area (Å²) in [6.45, 7) is 6.77. The standard InChI is InChI=1S/C15H24N2O/c1-15(2)11-16-9-8-14(15)17-13(10-18)12-6-4-3-5-7-12/h3-7,13-14,16-18H,8-11H2,1-2H3. The maximum Gasteiger partial charge on any atom is 0.0626 e. The fraction of sp³-hybridized carbons (Fsp3) is 0.600. The van der Waals surface area contributed by atoms with Gasteiger partial charge in [-0.2, -0.15) is 0 Å². The highest BCUT2D eigenvalue weighted by Crippen LogP contribution is 2.27. The molecule has 1 aromatic carbocycles. The maximum atomic E-state index is 9.60. The third-order valence-corrected chi connectivity index (χ3v) is 3.92. The molecule has 2 atom stereocenters. The van der Waals surface area contributed by atoms with Crippen molar-refractivity contribution in [2.45, 2.75) is 32.4 Å². The first kappa shape index (κ1) is 13.5. The minimum atomic E-state index is 0.0357. The first-order chi connectivity index (χ1) is 8.63. The molecule has 0 spiro atoms. The van der Waals surface area contributed by atoms with Gasteiger partial charge >= 0.3 is 0 Å². The van der Waals surface area contributed by atoms with E-state index in [2.05, 4.69) is 36.6 Å². The predicted octanol–water partition coefficient (Wildman–Crippen LogP) is 1.70. The zero-order valence-corrected chi connectivity index (χ0v) is 11.3. The average Bonchev–Trinajstić information content (AvgIpc) is 2.38. The van der Waals surface area contributed by atoms with E-state index in [1.165, 1.54) is 0 Å². The molecule has 0 aromatic heterocycles. The van der Waals surface area contributed by atoms with Crippen LogP contribution in [0.4, 0.5) is 0 Å². The van der Waals surface area contributed by atoms with Crippen LogP contribution in [-0.2, 0) is 0 Å². The molecule has 1 heterocycles. The lowest BCUT2D eigenvalue weighted by molar-refractivity contribution is 0.147. The van der Waals surface area contributed by atoms with Gasteiger partial charge in [-0.1, -0.05) is 44.2 Å². The first-order valence-corrected chi connectivity index (χ1v) is 6.76. The predicted molar refractivity (Wildman–Crippen MR) is 74.5 cm³/mol. The number of aliphatic hydroxyl groups is 1. The number of aliphatic hydroxyl groups excluding tert-OH is 1. The summed E-state index contributed by atoms with van der Waals surface area (Å²) >= 11 is 0. The summed E-state index contributed by atoms with van der Waals surface area (Å²) < 4.78 is 0. The van der Waals surface area contributed by atoms with Crippen molar-refractivity contribution < 1.29 is 5.11 Å². The molecule has 0 saturated carbocycles. The van der Waals surface area contributed by atoms with Gasteiger partial charge in [-0.3, -0.25) is 0 Å². The summed E-state index contributed by atoms with van der Waals surface area (Å²) in [6, 6.07) is 10.7. The van der Waals surface area contributed by atoms with Crippen LogP contribution in [0.25, 0.3) is 0 Å². The first-order valence-electron chi connectivity index (χ1n) is 6.76. The van der Waals surface area contributed by atoms with E-state index < -0.39 is 0 Å². The smallest absolute Gasteiger partial charge is 0.0626 e. The largest absolute Gasteiger partial charge is 0.394 e. The van der Waals surface area contributed by atoms with Crippen LogP contribution in [0.3, 0.4) is 0 Å². The minimum absolute atomic E-state index is 0.0357. The lowest BCUT2D eigenvalue weighted by Crippen LogP contribution is -2.54. The van der Waals surface area contributed by atoms with Gasteiger partial charge in [0.2, 0.25) is 0 Å². The van der Waals surface area contributed by atoms with Crippen LogP contribution in [0, 0.1) is 5.41 Å². The molecule has 18 heavy (non-hydrogen) atoms. The van der Waals surface area contributed by atoms with Crippen LogP contribution in [0.5, 0.6) is 0 Å². The third-order valence-electron chi connectivity index (χ3n) is 3.92. The number of hydrogen-bond acceptors (Lipinski definition) is 3. The fourth-order valence-electron chi connectivity index (χ4n) is 2.66. The average molecular weight is 248 g/mol. The van der Waals surface area contributed by atoms with Gasteiger partial charge in [-0.15, -0.1) is 0 Å². The van der Waals surface area contributed by atoms with Crippen LogP contribution in [0.2, 0.25) is 0 Å². The Morgan fingerprint density at radius 2 is 2.11 bits per heavy atom. The molecule has 1 aliphatic rings. The second kappa shape index (κ2) is 5.83. The van der Waals surface area contributed by atoms with Gasteiger partial charge in [0.05, 0.1) is 12.6 Å². The molecule has 3 heteroatoms. The van der Waals surface area contributed by atoms with Crippen molar-refractivity contribution in [1.82, 2.24) is 10.6 Å². The molecule has 2 unspecified atom stereocenters. The molecule has 3 N–H and O–H groups in total. The van der Waals surface area contributed by atoms with Crippen LogP contribution in [0.1, 0.15) is 31.9 Å². The molecule has 1 aliphatic heterocycles. The van der Waals surface area contributed by atoms with Gasteiger partial charge in [0, 0.05) is 12.6 Å². The molecule has 0 bridgehead atoms. The Kier molecular flexibility index (Phi) is 4.38. The van der Waals surface area contributed by atoms with E-state index in [1.54, 1.807) is 0 Å². The van der Waals surface area contributed by atoms with Crippen molar-refractivity contribution in [1.29, 1.82) is 0 Å². The lowest BCUT2D eigenvalue weighted by atomic mass is 9.79. The molecule has 1 saturated heterocycles. The second-order valence-corrected chi connectivity index (χ2v) is 5.82. The molecule has 0 aliphatic carbocycles. The number of hydrogen-bond donors (Lipinski definition) is 3. The van der Waals surface area contributed by atoms with Crippen molar-refractivity contribution in [2.75, 3.05) is 19.7 Å². The van der Waals surface area contributed by atoms with E-state index in [0.717, 1.165) is 25.1 Å². The van der Waals surface area contributed by atoms with Crippen LogP contribution in [0.15, 0.2) is 30.3 Å². The van der Waals surface area contributed by atoms with Gasteiger partial charge in [0.25, 0.3) is 0 Å². The summed E-state index contributed by atoms with van der Waals surface area (Å²) in [7, 11) is 0. The molecule has 1 aromatic rings. The van der Waals surface area contributed by atoms with Crippen molar-refractivity contribution in [2.24, 2.45) is 5.41 Å². The lowest BCUT2D eigenvalue weighted by Gasteiger charge is -2.41. The van der Waals surface area contributed by atoms with E-state index in [9.17, 15) is 5.11 Å². The Hall–Kier alpha value is -0.900. The van der Waals surface area contributed by atoms with Gasteiger partial charge < -0.3 is 15.7 Å². The van der Waals surface area contributed by atoms with Gasteiger partial charge in [0.1, 0.15) is 0 Å². The summed E-state index contributed by atoms with van der Waals surface area (Å²) in [5.74, 6) is 0.